The summed E-state index contributed by atoms with van der Waals surface area (Å²) in [6, 6.07) is 7.60. The zero-order valence-electron chi connectivity index (χ0n) is 16.7. The monoisotopic (exact) mass is 398 g/mol. The smallest absolute Gasteiger partial charge is 0.231 e. The number of rotatable bonds is 7. The third kappa shape index (κ3) is 3.60. The van der Waals surface area contributed by atoms with E-state index in [1.54, 1.807) is 13.0 Å². The highest BCUT2D eigenvalue weighted by atomic mass is 16.7. The minimum absolute atomic E-state index is 0.0923. The van der Waals surface area contributed by atoms with Crippen LogP contribution < -0.4 is 18.9 Å². The molecular weight excluding hydrogens is 372 g/mol. The van der Waals surface area contributed by atoms with Crippen molar-refractivity contribution in [3.63, 3.8) is 0 Å². The van der Waals surface area contributed by atoms with Crippen molar-refractivity contribution in [2.75, 3.05) is 13.9 Å². The first-order valence-electron chi connectivity index (χ1n) is 9.78. The lowest BCUT2D eigenvalue weighted by Gasteiger charge is -2.24. The van der Waals surface area contributed by atoms with Crippen molar-refractivity contribution in [2.24, 2.45) is 0 Å². The van der Waals surface area contributed by atoms with E-state index in [1.165, 1.54) is 7.11 Å². The Bertz CT molecular complexity index is 920. The maximum atomic E-state index is 10.5. The van der Waals surface area contributed by atoms with E-state index >= 15 is 0 Å². The molecule has 3 atom stereocenters. The molecule has 0 aliphatic carbocycles. The Labute approximate surface area is 170 Å². The summed E-state index contributed by atoms with van der Waals surface area (Å²) >= 11 is 0. The fourth-order valence-electron chi connectivity index (χ4n) is 4.15. The van der Waals surface area contributed by atoms with Gasteiger partial charge in [-0.3, -0.25) is 0 Å². The third-order valence-electron chi connectivity index (χ3n) is 5.61. The molecule has 2 aliphatic heterocycles. The average Bonchev–Trinajstić information content (AvgIpc) is 3.33. The molecule has 2 aromatic rings. The van der Waals surface area contributed by atoms with E-state index in [-0.39, 0.29) is 24.6 Å². The number of ether oxygens (including phenoxy) is 4. The molecule has 0 radical (unpaired) electrons. The molecule has 0 saturated carbocycles. The highest BCUT2D eigenvalue weighted by molar-refractivity contribution is 5.59. The molecule has 2 heterocycles. The standard InChI is InChI=1S/C23H26O6/c1-4-5-17-22(25)21(26-3)10-15-8-16(29-23(15)17)11-18(13(2)24)14-6-7-19-20(9-14)28-12-27-19/h4,6-7,9-10,13,16,18,24-25H,1,5,8,11-12H2,2-3H3/t13?,16-,18+/m1/s1. The summed E-state index contributed by atoms with van der Waals surface area (Å²) in [7, 11) is 1.54. The molecule has 0 saturated heterocycles. The van der Waals surface area contributed by atoms with Gasteiger partial charge in [-0.15, -0.1) is 6.58 Å². The number of phenolic OH excluding ortho intramolecular Hbond substituents is 1. The van der Waals surface area contributed by atoms with Crippen LogP contribution in [0.1, 0.15) is 36.0 Å². The zero-order chi connectivity index (χ0) is 20.5. The molecule has 2 N–H and O–H groups in total. The molecule has 0 amide bonds. The number of hydrogen-bond acceptors (Lipinski definition) is 6. The van der Waals surface area contributed by atoms with Crippen LogP contribution in [0.25, 0.3) is 0 Å². The number of aliphatic hydroxyl groups excluding tert-OH is 1. The molecular formula is C23H26O6. The number of fused-ring (bicyclic) bond motifs is 2. The Morgan fingerprint density at radius 1 is 1.28 bits per heavy atom. The number of benzene rings is 2. The van der Waals surface area contributed by atoms with Crippen molar-refractivity contribution in [2.45, 2.75) is 44.3 Å². The van der Waals surface area contributed by atoms with Gasteiger partial charge in [-0.1, -0.05) is 12.1 Å². The van der Waals surface area contributed by atoms with E-state index in [4.69, 9.17) is 18.9 Å². The average molecular weight is 398 g/mol. The number of aliphatic hydroxyl groups is 1. The van der Waals surface area contributed by atoms with Crippen LogP contribution in [0, 0.1) is 0 Å². The largest absolute Gasteiger partial charge is 0.504 e. The van der Waals surface area contributed by atoms with Gasteiger partial charge in [0.1, 0.15) is 11.9 Å². The van der Waals surface area contributed by atoms with Crippen LogP contribution in [0.5, 0.6) is 28.7 Å². The molecule has 0 spiro atoms. The van der Waals surface area contributed by atoms with Crippen molar-refractivity contribution in [3.05, 3.63) is 53.6 Å². The Balaban J connectivity index is 1.58. The first-order valence-corrected chi connectivity index (χ1v) is 9.78. The van der Waals surface area contributed by atoms with Crippen LogP contribution in [-0.4, -0.2) is 36.3 Å². The third-order valence-corrected chi connectivity index (χ3v) is 5.61. The molecule has 29 heavy (non-hydrogen) atoms. The second kappa shape index (κ2) is 7.87. The number of methoxy groups -OCH3 is 1. The first kappa shape index (κ1) is 19.5. The number of hydrogen-bond donors (Lipinski definition) is 2. The predicted molar refractivity (Wildman–Crippen MR) is 108 cm³/mol. The number of aromatic hydroxyl groups is 1. The molecule has 6 nitrogen and oxygen atoms in total. The van der Waals surface area contributed by atoms with E-state index in [0.29, 0.717) is 42.1 Å². The van der Waals surface area contributed by atoms with Crippen LogP contribution >= 0.6 is 0 Å². The Morgan fingerprint density at radius 3 is 2.79 bits per heavy atom. The molecule has 1 unspecified atom stereocenters. The van der Waals surface area contributed by atoms with Crippen LogP contribution in [0.3, 0.4) is 0 Å². The maximum Gasteiger partial charge on any atom is 0.231 e. The van der Waals surface area contributed by atoms with Gasteiger partial charge in [0.2, 0.25) is 6.79 Å². The summed E-state index contributed by atoms with van der Waals surface area (Å²) in [6.07, 6.45) is 2.85. The zero-order valence-corrected chi connectivity index (χ0v) is 16.7. The van der Waals surface area contributed by atoms with Gasteiger partial charge in [0.15, 0.2) is 23.0 Å². The lowest BCUT2D eigenvalue weighted by atomic mass is 9.87. The van der Waals surface area contributed by atoms with Gasteiger partial charge < -0.3 is 29.2 Å². The van der Waals surface area contributed by atoms with Crippen molar-refractivity contribution >= 4 is 0 Å². The summed E-state index contributed by atoms with van der Waals surface area (Å²) in [5, 5.41) is 20.9. The van der Waals surface area contributed by atoms with Crippen molar-refractivity contribution in [1.82, 2.24) is 0 Å². The highest BCUT2D eigenvalue weighted by Gasteiger charge is 2.32. The Hall–Kier alpha value is -2.86. The first-order chi connectivity index (χ1) is 14.0. The van der Waals surface area contributed by atoms with Crippen LogP contribution in [0.4, 0.5) is 0 Å². The Morgan fingerprint density at radius 2 is 2.07 bits per heavy atom. The van der Waals surface area contributed by atoms with Gasteiger partial charge in [-0.05, 0) is 43.5 Å². The van der Waals surface area contributed by atoms with Crippen molar-refractivity contribution in [3.8, 4) is 28.7 Å². The van der Waals surface area contributed by atoms with Crippen LogP contribution in [0.2, 0.25) is 0 Å². The molecule has 2 aliphatic rings. The molecule has 0 fully saturated rings. The fraction of sp³-hybridized carbons (Fsp3) is 0.391. The summed E-state index contributed by atoms with van der Waals surface area (Å²) in [6.45, 7) is 5.78. The second-order valence-corrected chi connectivity index (χ2v) is 7.53. The second-order valence-electron chi connectivity index (χ2n) is 7.53. The van der Waals surface area contributed by atoms with Crippen molar-refractivity contribution < 1.29 is 29.2 Å². The molecule has 2 aromatic carbocycles. The number of phenols is 1. The number of allylic oxidation sites excluding steroid dienone is 1. The lowest BCUT2D eigenvalue weighted by Crippen LogP contribution is -2.24. The maximum absolute atomic E-state index is 10.5. The molecule has 6 heteroatoms. The normalized spacial score (nSPS) is 18.7. The van der Waals surface area contributed by atoms with Gasteiger partial charge in [0.25, 0.3) is 0 Å². The molecule has 0 bridgehead atoms. The lowest BCUT2D eigenvalue weighted by molar-refractivity contribution is 0.124. The van der Waals surface area contributed by atoms with Gasteiger partial charge in [0, 0.05) is 23.5 Å². The summed E-state index contributed by atoms with van der Waals surface area (Å²) in [5.41, 5.74) is 2.67. The van der Waals surface area contributed by atoms with Gasteiger partial charge in [-0.2, -0.15) is 0 Å². The summed E-state index contributed by atoms with van der Waals surface area (Å²) in [4.78, 5) is 0. The van der Waals surface area contributed by atoms with Gasteiger partial charge >= 0.3 is 0 Å². The van der Waals surface area contributed by atoms with E-state index in [2.05, 4.69) is 6.58 Å². The van der Waals surface area contributed by atoms with Crippen molar-refractivity contribution in [1.29, 1.82) is 0 Å². The Kier molecular flexibility index (Phi) is 5.28. The SMILES string of the molecule is C=CCc1c(O)c(OC)cc2c1O[C@@H](C[C@H](c1ccc3c(c1)OCO3)C(C)O)C2. The van der Waals surface area contributed by atoms with Crippen LogP contribution in [-0.2, 0) is 12.8 Å². The highest BCUT2D eigenvalue weighted by Crippen LogP contribution is 2.46. The van der Waals surface area contributed by atoms with Gasteiger partial charge in [-0.25, -0.2) is 0 Å². The van der Waals surface area contributed by atoms with E-state index in [0.717, 1.165) is 16.9 Å². The predicted octanol–water partition coefficient (Wildman–Crippen LogP) is 3.72. The van der Waals surface area contributed by atoms with Crippen LogP contribution in [0.15, 0.2) is 36.9 Å². The quantitative estimate of drug-likeness (QED) is 0.693. The molecule has 0 aromatic heterocycles. The summed E-state index contributed by atoms with van der Waals surface area (Å²) in [5.74, 6) is 2.53. The van der Waals surface area contributed by atoms with E-state index < -0.39 is 6.10 Å². The van der Waals surface area contributed by atoms with E-state index in [1.807, 2.05) is 24.3 Å². The van der Waals surface area contributed by atoms with Gasteiger partial charge in [0.05, 0.1) is 13.2 Å². The minimum Gasteiger partial charge on any atom is -0.504 e. The summed E-state index contributed by atoms with van der Waals surface area (Å²) < 4.78 is 22.4. The molecule has 4 rings (SSSR count). The van der Waals surface area contributed by atoms with E-state index in [9.17, 15) is 10.2 Å². The molecule has 154 valence electrons. The minimum atomic E-state index is -0.557. The fourth-order valence-corrected chi connectivity index (χ4v) is 4.15. The topological polar surface area (TPSA) is 77.4 Å².